The second-order valence-electron chi connectivity index (χ2n) is 2.74. The predicted molar refractivity (Wildman–Crippen MR) is 57.0 cm³/mol. The molecule has 0 bridgehead atoms. The molecule has 1 aromatic carbocycles. The van der Waals surface area contributed by atoms with Gasteiger partial charge in [-0.3, -0.25) is 0 Å². The third kappa shape index (κ3) is 1.67. The zero-order valence-corrected chi connectivity index (χ0v) is 9.22. The minimum absolute atomic E-state index is 0.611. The minimum Gasteiger partial charge on any atom is -0.227 e. The van der Waals surface area contributed by atoms with Crippen molar-refractivity contribution >= 4 is 38.4 Å². The molecule has 0 amide bonds. The van der Waals surface area contributed by atoms with Crippen LogP contribution in [0.25, 0.3) is 10.9 Å². The Bertz CT molecular complexity index is 470. The Labute approximate surface area is 89.1 Å². The summed E-state index contributed by atoms with van der Waals surface area (Å²) in [6, 6.07) is 5.58. The lowest BCUT2D eigenvalue weighted by Gasteiger charge is -2.01. The first-order valence-corrected chi connectivity index (χ1v) is 4.93. The van der Waals surface area contributed by atoms with Gasteiger partial charge in [0.2, 0.25) is 0 Å². The average Bonchev–Trinajstić information content (AvgIpc) is 2.06. The lowest BCUT2D eigenvalue weighted by Crippen LogP contribution is -1.89. The Morgan fingerprint density at radius 1 is 1.31 bits per heavy atom. The van der Waals surface area contributed by atoms with Crippen LogP contribution in [0.2, 0.25) is 5.02 Å². The fraction of sp³-hybridized carbons (Fsp3) is 0.111. The van der Waals surface area contributed by atoms with Crippen LogP contribution in [-0.2, 0) is 0 Å². The van der Waals surface area contributed by atoms with Crippen LogP contribution in [0.4, 0.5) is 0 Å². The summed E-state index contributed by atoms with van der Waals surface area (Å²) in [6.07, 6.45) is 0. The Morgan fingerprint density at radius 2 is 2.08 bits per heavy atom. The molecule has 0 saturated heterocycles. The fourth-order valence-corrected chi connectivity index (χ4v) is 1.85. The van der Waals surface area contributed by atoms with Crippen LogP contribution in [0.15, 0.2) is 22.9 Å². The number of fused-ring (bicyclic) bond motifs is 1. The number of halogens is 2. The highest BCUT2D eigenvalue weighted by Crippen LogP contribution is 2.21. The normalized spacial score (nSPS) is 10.7. The SMILES string of the molecule is Cc1nc(Br)nc2ccc(Cl)cc12. The molecule has 0 aliphatic rings. The summed E-state index contributed by atoms with van der Waals surface area (Å²) in [4.78, 5) is 8.41. The maximum Gasteiger partial charge on any atom is 0.197 e. The first kappa shape index (κ1) is 8.91. The van der Waals surface area contributed by atoms with E-state index in [1.807, 2.05) is 25.1 Å². The van der Waals surface area contributed by atoms with Crippen molar-refractivity contribution in [2.75, 3.05) is 0 Å². The fourth-order valence-electron chi connectivity index (χ4n) is 1.22. The van der Waals surface area contributed by atoms with E-state index < -0.39 is 0 Å². The average molecular weight is 258 g/mol. The number of hydrogen-bond donors (Lipinski definition) is 0. The Kier molecular flexibility index (Phi) is 2.22. The van der Waals surface area contributed by atoms with E-state index in [-0.39, 0.29) is 0 Å². The van der Waals surface area contributed by atoms with Gasteiger partial charge in [-0.1, -0.05) is 11.6 Å². The van der Waals surface area contributed by atoms with Gasteiger partial charge in [0.1, 0.15) is 0 Å². The zero-order valence-electron chi connectivity index (χ0n) is 6.88. The van der Waals surface area contributed by atoms with Crippen molar-refractivity contribution in [3.05, 3.63) is 33.6 Å². The number of benzene rings is 1. The molecule has 0 aliphatic carbocycles. The summed E-state index contributed by atoms with van der Waals surface area (Å²) in [5, 5.41) is 1.71. The van der Waals surface area contributed by atoms with Crippen LogP contribution in [0.5, 0.6) is 0 Å². The van der Waals surface area contributed by atoms with Crippen molar-refractivity contribution in [1.82, 2.24) is 9.97 Å². The van der Waals surface area contributed by atoms with E-state index in [1.165, 1.54) is 0 Å². The quantitative estimate of drug-likeness (QED) is 0.676. The summed E-state index contributed by atoms with van der Waals surface area (Å²) in [5.41, 5.74) is 1.84. The van der Waals surface area contributed by atoms with Crippen molar-refractivity contribution in [3.63, 3.8) is 0 Å². The van der Waals surface area contributed by atoms with Gasteiger partial charge in [-0.2, -0.15) is 0 Å². The first-order chi connectivity index (χ1) is 6.16. The highest BCUT2D eigenvalue weighted by molar-refractivity contribution is 9.10. The van der Waals surface area contributed by atoms with Crippen molar-refractivity contribution in [2.24, 2.45) is 0 Å². The van der Waals surface area contributed by atoms with Gasteiger partial charge in [0.15, 0.2) is 4.73 Å². The van der Waals surface area contributed by atoms with Gasteiger partial charge in [0, 0.05) is 16.1 Å². The number of aromatic nitrogens is 2. The lowest BCUT2D eigenvalue weighted by atomic mass is 10.2. The maximum absolute atomic E-state index is 5.86. The van der Waals surface area contributed by atoms with Gasteiger partial charge < -0.3 is 0 Å². The van der Waals surface area contributed by atoms with E-state index in [0.29, 0.717) is 9.76 Å². The summed E-state index contributed by atoms with van der Waals surface area (Å²) in [6.45, 7) is 1.94. The highest BCUT2D eigenvalue weighted by Gasteiger charge is 2.02. The van der Waals surface area contributed by atoms with Crippen LogP contribution in [0.1, 0.15) is 5.69 Å². The lowest BCUT2D eigenvalue weighted by molar-refractivity contribution is 1.10. The van der Waals surface area contributed by atoms with Crippen LogP contribution in [0.3, 0.4) is 0 Å². The van der Waals surface area contributed by atoms with Crippen molar-refractivity contribution < 1.29 is 0 Å². The van der Waals surface area contributed by atoms with Crippen LogP contribution in [0, 0.1) is 6.92 Å². The topological polar surface area (TPSA) is 25.8 Å². The molecule has 0 aliphatic heterocycles. The van der Waals surface area contributed by atoms with Gasteiger partial charge in [0.25, 0.3) is 0 Å². The molecule has 66 valence electrons. The molecule has 0 unspecified atom stereocenters. The van der Waals surface area contributed by atoms with Crippen molar-refractivity contribution in [2.45, 2.75) is 6.92 Å². The second-order valence-corrected chi connectivity index (χ2v) is 3.89. The van der Waals surface area contributed by atoms with Crippen LogP contribution >= 0.6 is 27.5 Å². The Hall–Kier alpha value is -0.670. The summed E-state index contributed by atoms with van der Waals surface area (Å²) >= 11 is 9.11. The number of aryl methyl sites for hydroxylation is 1. The molecule has 4 heteroatoms. The molecule has 0 spiro atoms. The molecule has 1 aromatic heterocycles. The van der Waals surface area contributed by atoms with Gasteiger partial charge in [-0.05, 0) is 41.1 Å². The monoisotopic (exact) mass is 256 g/mol. The largest absolute Gasteiger partial charge is 0.227 e. The Balaban J connectivity index is 2.87. The number of rotatable bonds is 0. The molecule has 0 N–H and O–H groups in total. The molecule has 0 radical (unpaired) electrons. The third-order valence-corrected chi connectivity index (χ3v) is 2.41. The molecule has 2 rings (SSSR count). The van der Waals surface area contributed by atoms with Gasteiger partial charge >= 0.3 is 0 Å². The molecule has 0 saturated carbocycles. The van der Waals surface area contributed by atoms with Crippen LogP contribution in [-0.4, -0.2) is 9.97 Å². The van der Waals surface area contributed by atoms with E-state index in [0.717, 1.165) is 16.6 Å². The molecule has 0 atom stereocenters. The number of nitrogens with zero attached hydrogens (tertiary/aromatic N) is 2. The second kappa shape index (κ2) is 3.24. The summed E-state index contributed by atoms with van der Waals surface area (Å²) in [7, 11) is 0. The molecule has 1 heterocycles. The van der Waals surface area contributed by atoms with Gasteiger partial charge in [-0.15, -0.1) is 0 Å². The molecule has 2 nitrogen and oxygen atoms in total. The maximum atomic E-state index is 5.86. The highest BCUT2D eigenvalue weighted by atomic mass is 79.9. The first-order valence-electron chi connectivity index (χ1n) is 3.76. The van der Waals surface area contributed by atoms with Crippen molar-refractivity contribution in [3.8, 4) is 0 Å². The molecule has 0 fully saturated rings. The van der Waals surface area contributed by atoms with Gasteiger partial charge in [0.05, 0.1) is 5.52 Å². The van der Waals surface area contributed by atoms with E-state index in [2.05, 4.69) is 25.9 Å². The smallest absolute Gasteiger partial charge is 0.197 e. The molecular formula is C9H6BrClN2. The Morgan fingerprint density at radius 3 is 2.85 bits per heavy atom. The van der Waals surface area contributed by atoms with E-state index >= 15 is 0 Å². The van der Waals surface area contributed by atoms with E-state index in [4.69, 9.17) is 11.6 Å². The van der Waals surface area contributed by atoms with E-state index in [1.54, 1.807) is 0 Å². The minimum atomic E-state index is 0.611. The predicted octanol–water partition coefficient (Wildman–Crippen LogP) is 3.35. The zero-order chi connectivity index (χ0) is 9.42. The molecular weight excluding hydrogens is 251 g/mol. The van der Waals surface area contributed by atoms with Gasteiger partial charge in [-0.25, -0.2) is 9.97 Å². The summed E-state index contributed by atoms with van der Waals surface area (Å²) < 4.78 is 0.611. The third-order valence-electron chi connectivity index (χ3n) is 1.82. The molecule has 2 aromatic rings. The summed E-state index contributed by atoms with van der Waals surface area (Å²) in [5.74, 6) is 0. The van der Waals surface area contributed by atoms with E-state index in [9.17, 15) is 0 Å². The number of hydrogen-bond acceptors (Lipinski definition) is 2. The van der Waals surface area contributed by atoms with Crippen LogP contribution < -0.4 is 0 Å². The molecule has 13 heavy (non-hydrogen) atoms. The van der Waals surface area contributed by atoms with Crippen molar-refractivity contribution in [1.29, 1.82) is 0 Å². The standard InChI is InChI=1S/C9H6BrClN2/c1-5-7-4-6(11)2-3-8(7)13-9(10)12-5/h2-4H,1H3.